The van der Waals surface area contributed by atoms with E-state index in [0.717, 1.165) is 38.0 Å². The Hall–Kier alpha value is -1.13. The number of hydrogen-bond donors (Lipinski definition) is 2. The minimum absolute atomic E-state index is 0.170. The lowest BCUT2D eigenvalue weighted by molar-refractivity contribution is 0.0448. The summed E-state index contributed by atoms with van der Waals surface area (Å²) in [6.07, 6.45) is 2.77. The highest BCUT2D eigenvalue weighted by Crippen LogP contribution is 2.29. The van der Waals surface area contributed by atoms with E-state index in [9.17, 15) is 9.50 Å². The second-order valence-electron chi connectivity index (χ2n) is 5.94. The first-order valence-corrected chi connectivity index (χ1v) is 7.49. The minimum atomic E-state index is -0.682. The van der Waals surface area contributed by atoms with Crippen LogP contribution in [0.25, 0.3) is 0 Å². The van der Waals surface area contributed by atoms with Crippen LogP contribution >= 0.6 is 0 Å². The molecule has 20 heavy (non-hydrogen) atoms. The second kappa shape index (κ2) is 6.55. The Kier molecular flexibility index (Phi) is 5.00. The van der Waals surface area contributed by atoms with Gasteiger partial charge in [0.25, 0.3) is 0 Å². The van der Waals surface area contributed by atoms with Gasteiger partial charge in [-0.3, -0.25) is 0 Å². The standard InChI is InChI=1S/C16H25FN2O/c1-3-9-18-11-13-14(17)6-4-7-15(13)19-10-5-8-16(2,20)12-19/h4,6-7,18,20H,3,5,8-12H2,1-2H3. The van der Waals surface area contributed by atoms with Crippen molar-refractivity contribution in [1.29, 1.82) is 0 Å². The van der Waals surface area contributed by atoms with Crippen LogP contribution in [0.1, 0.15) is 38.7 Å². The Labute approximate surface area is 120 Å². The van der Waals surface area contributed by atoms with Crippen LogP contribution in [0.4, 0.5) is 10.1 Å². The van der Waals surface area contributed by atoms with E-state index < -0.39 is 5.60 Å². The first-order chi connectivity index (χ1) is 9.53. The predicted molar refractivity (Wildman–Crippen MR) is 80.5 cm³/mol. The first kappa shape index (κ1) is 15.3. The molecule has 1 aliphatic rings. The number of rotatable bonds is 5. The molecule has 0 amide bonds. The normalized spacial score (nSPS) is 23.1. The van der Waals surface area contributed by atoms with Crippen molar-refractivity contribution in [3.63, 3.8) is 0 Å². The molecular formula is C16H25FN2O. The molecule has 1 saturated heterocycles. The van der Waals surface area contributed by atoms with Crippen LogP contribution in [0, 0.1) is 5.82 Å². The fourth-order valence-corrected chi connectivity index (χ4v) is 2.83. The summed E-state index contributed by atoms with van der Waals surface area (Å²) in [4.78, 5) is 2.11. The van der Waals surface area contributed by atoms with Crippen molar-refractivity contribution in [3.8, 4) is 0 Å². The lowest BCUT2D eigenvalue weighted by atomic mass is 9.94. The summed E-state index contributed by atoms with van der Waals surface area (Å²) in [6, 6.07) is 5.21. The summed E-state index contributed by atoms with van der Waals surface area (Å²) in [6.45, 7) is 6.81. The summed E-state index contributed by atoms with van der Waals surface area (Å²) in [5.41, 5.74) is 0.936. The van der Waals surface area contributed by atoms with Crippen molar-refractivity contribution in [1.82, 2.24) is 5.32 Å². The van der Waals surface area contributed by atoms with E-state index in [1.54, 1.807) is 6.07 Å². The van der Waals surface area contributed by atoms with E-state index in [0.29, 0.717) is 18.7 Å². The van der Waals surface area contributed by atoms with E-state index in [4.69, 9.17) is 0 Å². The van der Waals surface area contributed by atoms with E-state index >= 15 is 0 Å². The Morgan fingerprint density at radius 3 is 2.95 bits per heavy atom. The van der Waals surface area contributed by atoms with Gasteiger partial charge in [0, 0.05) is 30.9 Å². The van der Waals surface area contributed by atoms with Crippen molar-refractivity contribution in [2.75, 3.05) is 24.5 Å². The topological polar surface area (TPSA) is 35.5 Å². The number of aliphatic hydroxyl groups is 1. The quantitative estimate of drug-likeness (QED) is 0.814. The fourth-order valence-electron chi connectivity index (χ4n) is 2.83. The van der Waals surface area contributed by atoms with Crippen molar-refractivity contribution < 1.29 is 9.50 Å². The summed E-state index contributed by atoms with van der Waals surface area (Å²) < 4.78 is 14.1. The molecule has 1 fully saturated rings. The Bertz CT molecular complexity index is 448. The number of nitrogens with one attached hydrogen (secondary N) is 1. The molecule has 1 unspecified atom stereocenters. The second-order valence-corrected chi connectivity index (χ2v) is 5.94. The first-order valence-electron chi connectivity index (χ1n) is 7.49. The van der Waals surface area contributed by atoms with E-state index in [2.05, 4.69) is 17.1 Å². The number of halogens is 1. The van der Waals surface area contributed by atoms with Crippen LogP contribution in [0.5, 0.6) is 0 Å². The molecule has 0 radical (unpaired) electrons. The van der Waals surface area contributed by atoms with Gasteiger partial charge in [0.05, 0.1) is 5.60 Å². The molecule has 0 aliphatic carbocycles. The number of β-amino-alcohol motifs (C(OH)–C–C–N with tert-alkyl or cyclic N) is 1. The molecule has 0 aromatic heterocycles. The summed E-state index contributed by atoms with van der Waals surface area (Å²) in [7, 11) is 0. The van der Waals surface area contributed by atoms with Gasteiger partial charge in [-0.1, -0.05) is 13.0 Å². The Morgan fingerprint density at radius 2 is 2.25 bits per heavy atom. The van der Waals surface area contributed by atoms with Crippen molar-refractivity contribution in [2.45, 2.75) is 45.3 Å². The SMILES string of the molecule is CCCNCc1c(F)cccc1N1CCCC(C)(O)C1. The van der Waals surface area contributed by atoms with Gasteiger partial charge >= 0.3 is 0 Å². The smallest absolute Gasteiger partial charge is 0.129 e. The van der Waals surface area contributed by atoms with Crippen molar-refractivity contribution >= 4 is 5.69 Å². The van der Waals surface area contributed by atoms with Crippen LogP contribution in [-0.4, -0.2) is 30.3 Å². The number of hydrogen-bond acceptors (Lipinski definition) is 3. The Morgan fingerprint density at radius 1 is 1.45 bits per heavy atom. The maximum atomic E-state index is 14.1. The Balaban J connectivity index is 2.19. The molecule has 1 aliphatic heterocycles. The van der Waals surface area contributed by atoms with E-state index in [1.165, 1.54) is 6.07 Å². The van der Waals surface area contributed by atoms with Gasteiger partial charge in [0.2, 0.25) is 0 Å². The highest BCUT2D eigenvalue weighted by molar-refractivity contribution is 5.55. The van der Waals surface area contributed by atoms with Crippen molar-refractivity contribution in [3.05, 3.63) is 29.6 Å². The fraction of sp³-hybridized carbons (Fsp3) is 0.625. The highest BCUT2D eigenvalue weighted by atomic mass is 19.1. The zero-order valence-corrected chi connectivity index (χ0v) is 12.5. The largest absolute Gasteiger partial charge is 0.388 e. The molecular weight excluding hydrogens is 255 g/mol. The predicted octanol–water partition coefficient (Wildman–Crippen LogP) is 2.68. The van der Waals surface area contributed by atoms with Crippen LogP contribution < -0.4 is 10.2 Å². The maximum absolute atomic E-state index is 14.1. The van der Waals surface area contributed by atoms with Crippen LogP contribution in [0.2, 0.25) is 0 Å². The molecule has 0 spiro atoms. The lowest BCUT2D eigenvalue weighted by Gasteiger charge is -2.39. The molecule has 0 saturated carbocycles. The van der Waals surface area contributed by atoms with E-state index in [-0.39, 0.29) is 5.82 Å². The number of anilines is 1. The summed E-state index contributed by atoms with van der Waals surface area (Å²) in [5, 5.41) is 13.5. The zero-order chi connectivity index (χ0) is 14.6. The molecule has 0 bridgehead atoms. The van der Waals surface area contributed by atoms with Gasteiger partial charge in [-0.05, 0) is 44.9 Å². The number of piperidine rings is 1. The van der Waals surface area contributed by atoms with E-state index in [1.807, 2.05) is 13.0 Å². The molecule has 1 aromatic rings. The van der Waals surface area contributed by atoms with Crippen LogP contribution in [0.3, 0.4) is 0 Å². The zero-order valence-electron chi connectivity index (χ0n) is 12.5. The van der Waals surface area contributed by atoms with Gasteiger partial charge < -0.3 is 15.3 Å². The summed E-state index contributed by atoms with van der Waals surface area (Å²) in [5.74, 6) is -0.170. The van der Waals surface area contributed by atoms with Gasteiger partial charge in [0.15, 0.2) is 0 Å². The molecule has 1 atom stereocenters. The molecule has 2 rings (SSSR count). The van der Waals surface area contributed by atoms with Crippen LogP contribution in [-0.2, 0) is 6.54 Å². The monoisotopic (exact) mass is 280 g/mol. The lowest BCUT2D eigenvalue weighted by Crippen LogP contribution is -2.46. The highest BCUT2D eigenvalue weighted by Gasteiger charge is 2.29. The molecule has 1 heterocycles. The molecule has 1 aromatic carbocycles. The molecule has 112 valence electrons. The van der Waals surface area contributed by atoms with Gasteiger partial charge in [-0.2, -0.15) is 0 Å². The van der Waals surface area contributed by atoms with Crippen LogP contribution in [0.15, 0.2) is 18.2 Å². The number of nitrogens with zero attached hydrogens (tertiary/aromatic N) is 1. The average molecular weight is 280 g/mol. The average Bonchev–Trinajstić information content (AvgIpc) is 2.39. The molecule has 3 nitrogen and oxygen atoms in total. The van der Waals surface area contributed by atoms with Gasteiger partial charge in [-0.15, -0.1) is 0 Å². The third-order valence-electron chi connectivity index (χ3n) is 3.84. The van der Waals surface area contributed by atoms with Gasteiger partial charge in [0.1, 0.15) is 5.82 Å². The van der Waals surface area contributed by atoms with Crippen molar-refractivity contribution in [2.24, 2.45) is 0 Å². The maximum Gasteiger partial charge on any atom is 0.129 e. The number of benzene rings is 1. The summed E-state index contributed by atoms with van der Waals surface area (Å²) >= 11 is 0. The van der Waals surface area contributed by atoms with Gasteiger partial charge in [-0.25, -0.2) is 4.39 Å². The third kappa shape index (κ3) is 3.70. The third-order valence-corrected chi connectivity index (χ3v) is 3.84. The molecule has 4 heteroatoms. The molecule has 2 N–H and O–H groups in total. The minimum Gasteiger partial charge on any atom is -0.388 e.